The molecule has 0 atom stereocenters. The van der Waals surface area contributed by atoms with E-state index in [0.717, 1.165) is 5.56 Å². The van der Waals surface area contributed by atoms with E-state index >= 15 is 0 Å². The number of benzene rings is 1. The molecule has 2 N–H and O–H groups in total. The number of aromatic nitrogens is 1. The van der Waals surface area contributed by atoms with Crippen molar-refractivity contribution in [3.8, 4) is 11.6 Å². The van der Waals surface area contributed by atoms with Crippen molar-refractivity contribution < 1.29 is 13.2 Å². The Balaban J connectivity index is 2.24. The number of ether oxygens (including phenoxy) is 1. The molecule has 0 bridgehead atoms. The van der Waals surface area contributed by atoms with Gasteiger partial charge < -0.3 is 4.74 Å². The van der Waals surface area contributed by atoms with E-state index in [9.17, 15) is 8.42 Å². The molecule has 18 heavy (non-hydrogen) atoms. The molecule has 0 amide bonds. The number of sulfonamides is 1. The quantitative estimate of drug-likeness (QED) is 0.916. The van der Waals surface area contributed by atoms with Gasteiger partial charge in [0, 0.05) is 6.07 Å². The number of aryl methyl sites for hydroxylation is 1. The van der Waals surface area contributed by atoms with Gasteiger partial charge in [-0.15, -0.1) is 0 Å². The summed E-state index contributed by atoms with van der Waals surface area (Å²) >= 11 is 0. The minimum atomic E-state index is -3.72. The Labute approximate surface area is 105 Å². The molecule has 0 saturated heterocycles. The van der Waals surface area contributed by atoms with Crippen LogP contribution in [0.1, 0.15) is 5.56 Å². The van der Waals surface area contributed by atoms with Gasteiger partial charge in [-0.05, 0) is 24.6 Å². The van der Waals surface area contributed by atoms with Gasteiger partial charge in [0.2, 0.25) is 15.9 Å². The molecule has 6 heteroatoms. The molecule has 94 valence electrons. The highest BCUT2D eigenvalue weighted by Crippen LogP contribution is 2.23. The summed E-state index contributed by atoms with van der Waals surface area (Å²) in [6.07, 6.45) is 1.17. The van der Waals surface area contributed by atoms with Gasteiger partial charge in [0.15, 0.2) is 0 Å². The Bertz CT molecular complexity index is 651. The van der Waals surface area contributed by atoms with Gasteiger partial charge in [0.1, 0.15) is 10.6 Å². The van der Waals surface area contributed by atoms with Gasteiger partial charge in [-0.25, -0.2) is 18.5 Å². The Kier molecular flexibility index (Phi) is 3.31. The van der Waals surface area contributed by atoms with E-state index in [1.807, 2.05) is 31.2 Å². The number of nitrogens with two attached hydrogens (primary N) is 1. The Hall–Kier alpha value is -1.92. The van der Waals surface area contributed by atoms with Crippen molar-refractivity contribution in [3.05, 3.63) is 48.2 Å². The lowest BCUT2D eigenvalue weighted by Crippen LogP contribution is -2.12. The highest BCUT2D eigenvalue weighted by atomic mass is 32.2. The smallest absolute Gasteiger partial charge is 0.239 e. The first-order valence-electron chi connectivity index (χ1n) is 5.19. The van der Waals surface area contributed by atoms with E-state index in [4.69, 9.17) is 9.88 Å². The highest BCUT2D eigenvalue weighted by molar-refractivity contribution is 7.89. The lowest BCUT2D eigenvalue weighted by Gasteiger charge is -2.07. The molecule has 0 radical (unpaired) electrons. The van der Waals surface area contributed by atoms with E-state index in [1.165, 1.54) is 18.3 Å². The SMILES string of the molecule is Cc1ccccc1Oc1ccc(S(N)(=O)=O)cn1. The summed E-state index contributed by atoms with van der Waals surface area (Å²) < 4.78 is 27.6. The third-order valence-corrected chi connectivity index (χ3v) is 3.24. The zero-order valence-corrected chi connectivity index (χ0v) is 10.5. The van der Waals surface area contributed by atoms with Crippen LogP contribution in [0.5, 0.6) is 11.6 Å². The van der Waals surface area contributed by atoms with Gasteiger partial charge in [-0.3, -0.25) is 0 Å². The molecule has 0 aliphatic carbocycles. The highest BCUT2D eigenvalue weighted by Gasteiger charge is 2.08. The van der Waals surface area contributed by atoms with Crippen molar-refractivity contribution in [2.24, 2.45) is 5.14 Å². The molecule has 2 aromatic rings. The van der Waals surface area contributed by atoms with Crippen LogP contribution < -0.4 is 9.88 Å². The standard InChI is InChI=1S/C12H12N2O3S/c1-9-4-2-3-5-11(9)17-12-7-6-10(8-14-12)18(13,15)16/h2-8H,1H3,(H2,13,15,16). The van der Waals surface area contributed by atoms with Crippen molar-refractivity contribution in [2.45, 2.75) is 11.8 Å². The minimum absolute atomic E-state index is 0.0420. The van der Waals surface area contributed by atoms with Gasteiger partial charge in [0.25, 0.3) is 0 Å². The van der Waals surface area contributed by atoms with Crippen LogP contribution in [-0.2, 0) is 10.0 Å². The van der Waals surface area contributed by atoms with Crippen LogP contribution in [0.15, 0.2) is 47.5 Å². The summed E-state index contributed by atoms with van der Waals surface area (Å²) in [5.74, 6) is 0.991. The van der Waals surface area contributed by atoms with E-state index < -0.39 is 10.0 Å². The molecule has 1 aromatic heterocycles. The fourth-order valence-electron chi connectivity index (χ4n) is 1.38. The molecule has 0 saturated carbocycles. The van der Waals surface area contributed by atoms with Gasteiger partial charge in [-0.2, -0.15) is 0 Å². The van der Waals surface area contributed by atoms with Gasteiger partial charge >= 0.3 is 0 Å². The summed E-state index contributed by atoms with van der Waals surface area (Å²) in [5.41, 5.74) is 0.967. The first-order valence-corrected chi connectivity index (χ1v) is 6.74. The zero-order chi connectivity index (χ0) is 13.2. The molecular weight excluding hydrogens is 252 g/mol. The first-order chi connectivity index (χ1) is 8.47. The molecule has 1 heterocycles. The maximum Gasteiger partial charge on any atom is 0.239 e. The van der Waals surface area contributed by atoms with Crippen LogP contribution >= 0.6 is 0 Å². The van der Waals surface area contributed by atoms with E-state index in [1.54, 1.807) is 0 Å². The second-order valence-corrected chi connectivity index (χ2v) is 5.31. The van der Waals surface area contributed by atoms with E-state index in [-0.39, 0.29) is 4.90 Å². The second-order valence-electron chi connectivity index (χ2n) is 3.74. The van der Waals surface area contributed by atoms with Crippen LogP contribution in [0, 0.1) is 6.92 Å². The molecule has 2 rings (SSSR count). The number of pyridine rings is 1. The zero-order valence-electron chi connectivity index (χ0n) is 9.70. The Morgan fingerprint density at radius 1 is 1.17 bits per heavy atom. The maximum absolute atomic E-state index is 11.1. The second kappa shape index (κ2) is 4.75. The molecule has 0 spiro atoms. The fraction of sp³-hybridized carbons (Fsp3) is 0.0833. The largest absolute Gasteiger partial charge is 0.439 e. The summed E-state index contributed by atoms with van der Waals surface area (Å²) in [7, 11) is -3.72. The number of para-hydroxylation sites is 1. The summed E-state index contributed by atoms with van der Waals surface area (Å²) in [6.45, 7) is 1.91. The number of primary sulfonamides is 1. The van der Waals surface area contributed by atoms with E-state index in [0.29, 0.717) is 11.6 Å². The lowest BCUT2D eigenvalue weighted by molar-refractivity contribution is 0.458. The van der Waals surface area contributed by atoms with Crippen molar-refractivity contribution in [1.29, 1.82) is 0 Å². The third kappa shape index (κ3) is 2.85. The van der Waals surface area contributed by atoms with Crippen molar-refractivity contribution in [3.63, 3.8) is 0 Å². The van der Waals surface area contributed by atoms with Crippen molar-refractivity contribution >= 4 is 10.0 Å². The Morgan fingerprint density at radius 3 is 2.44 bits per heavy atom. The number of nitrogens with zero attached hydrogens (tertiary/aromatic N) is 1. The summed E-state index contributed by atoms with van der Waals surface area (Å²) in [5, 5.41) is 4.97. The number of rotatable bonds is 3. The van der Waals surface area contributed by atoms with Crippen LogP contribution in [0.25, 0.3) is 0 Å². The number of hydrogen-bond acceptors (Lipinski definition) is 4. The van der Waals surface area contributed by atoms with Gasteiger partial charge in [0.05, 0.1) is 6.20 Å². The van der Waals surface area contributed by atoms with Crippen LogP contribution in [0.4, 0.5) is 0 Å². The predicted molar refractivity (Wildman–Crippen MR) is 66.9 cm³/mol. The first kappa shape index (κ1) is 12.5. The molecular formula is C12H12N2O3S. The van der Waals surface area contributed by atoms with E-state index in [2.05, 4.69) is 4.98 Å². The van der Waals surface area contributed by atoms with Crippen LogP contribution in [0.3, 0.4) is 0 Å². The molecule has 5 nitrogen and oxygen atoms in total. The predicted octanol–water partition coefficient (Wildman–Crippen LogP) is 1.83. The van der Waals surface area contributed by atoms with Crippen molar-refractivity contribution in [1.82, 2.24) is 4.98 Å². The summed E-state index contributed by atoms with van der Waals surface area (Å²) in [6, 6.07) is 10.3. The minimum Gasteiger partial charge on any atom is -0.439 e. The fourth-order valence-corrected chi connectivity index (χ4v) is 1.84. The molecule has 0 aliphatic heterocycles. The maximum atomic E-state index is 11.1. The lowest BCUT2D eigenvalue weighted by atomic mass is 10.2. The van der Waals surface area contributed by atoms with Crippen LogP contribution in [0.2, 0.25) is 0 Å². The molecule has 1 aromatic carbocycles. The third-order valence-electron chi connectivity index (χ3n) is 2.35. The molecule has 0 aliphatic rings. The monoisotopic (exact) mass is 264 g/mol. The normalized spacial score (nSPS) is 11.2. The number of hydrogen-bond donors (Lipinski definition) is 1. The molecule has 0 fully saturated rings. The topological polar surface area (TPSA) is 82.3 Å². The average Bonchev–Trinajstić information content (AvgIpc) is 2.32. The Morgan fingerprint density at radius 2 is 1.89 bits per heavy atom. The van der Waals surface area contributed by atoms with Crippen molar-refractivity contribution in [2.75, 3.05) is 0 Å². The van der Waals surface area contributed by atoms with Crippen LogP contribution in [-0.4, -0.2) is 13.4 Å². The average molecular weight is 264 g/mol. The van der Waals surface area contributed by atoms with Gasteiger partial charge in [-0.1, -0.05) is 18.2 Å². The summed E-state index contributed by atoms with van der Waals surface area (Å²) in [4.78, 5) is 3.86. The molecule has 0 unspecified atom stereocenters.